The highest BCUT2D eigenvalue weighted by molar-refractivity contribution is 5.68. The van der Waals surface area contributed by atoms with Crippen LogP contribution in [-0.4, -0.2) is 23.4 Å². The molecule has 0 spiro atoms. The minimum Gasteiger partial charge on any atom is -0.388 e. The van der Waals surface area contributed by atoms with Crippen molar-refractivity contribution >= 4 is 0 Å². The molecule has 1 atom stereocenters. The van der Waals surface area contributed by atoms with Gasteiger partial charge in [-0.3, -0.25) is 0 Å². The lowest BCUT2D eigenvalue weighted by molar-refractivity contribution is -0.184. The van der Waals surface area contributed by atoms with Gasteiger partial charge in [0, 0.05) is 0 Å². The largest absolute Gasteiger partial charge is 0.388 e. The number of hydrogen-bond donors (Lipinski definition) is 2. The number of hydrogen-bond acceptors (Lipinski definition) is 3. The summed E-state index contributed by atoms with van der Waals surface area (Å²) in [6.45, 7) is 2.69. The molecule has 110 valence electrons. The Kier molecular flexibility index (Phi) is 3.81. The number of rotatable bonds is 4. The molecule has 0 amide bonds. The molecule has 3 heteroatoms. The van der Waals surface area contributed by atoms with Gasteiger partial charge in [0.1, 0.15) is 5.60 Å². The van der Waals surface area contributed by atoms with Crippen molar-refractivity contribution in [1.82, 2.24) is 0 Å². The fourth-order valence-electron chi connectivity index (χ4n) is 2.69. The highest BCUT2D eigenvalue weighted by Gasteiger charge is 2.37. The second-order valence-corrected chi connectivity index (χ2v) is 5.61. The van der Waals surface area contributed by atoms with E-state index in [0.29, 0.717) is 19.6 Å². The van der Waals surface area contributed by atoms with E-state index in [9.17, 15) is 10.2 Å². The van der Waals surface area contributed by atoms with Crippen molar-refractivity contribution in [1.29, 1.82) is 0 Å². The second kappa shape index (κ2) is 5.60. The highest BCUT2D eigenvalue weighted by Crippen LogP contribution is 2.33. The van der Waals surface area contributed by atoms with Gasteiger partial charge in [-0.05, 0) is 28.7 Å². The van der Waals surface area contributed by atoms with Crippen LogP contribution in [0.2, 0.25) is 0 Å². The van der Waals surface area contributed by atoms with E-state index in [0.717, 1.165) is 22.3 Å². The Morgan fingerprint density at radius 1 is 1.10 bits per heavy atom. The lowest BCUT2D eigenvalue weighted by atomic mass is 9.89. The van der Waals surface area contributed by atoms with Crippen molar-refractivity contribution in [3.05, 3.63) is 59.7 Å². The van der Waals surface area contributed by atoms with E-state index in [-0.39, 0.29) is 0 Å². The fourth-order valence-corrected chi connectivity index (χ4v) is 2.69. The van der Waals surface area contributed by atoms with Gasteiger partial charge in [-0.15, -0.1) is 0 Å². The van der Waals surface area contributed by atoms with Crippen molar-refractivity contribution in [2.24, 2.45) is 0 Å². The third kappa shape index (κ3) is 2.60. The van der Waals surface area contributed by atoms with E-state index in [2.05, 4.69) is 0 Å². The van der Waals surface area contributed by atoms with Crippen LogP contribution in [0.1, 0.15) is 30.6 Å². The smallest absolute Gasteiger partial charge is 0.136 e. The summed E-state index contributed by atoms with van der Waals surface area (Å²) in [7, 11) is 0. The maximum atomic E-state index is 10.3. The fraction of sp³-hybridized carbons (Fsp3) is 0.333. The first-order valence-electron chi connectivity index (χ1n) is 7.32. The van der Waals surface area contributed by atoms with Crippen LogP contribution in [0.5, 0.6) is 0 Å². The number of aliphatic hydroxyl groups excluding tert-OH is 1. The Balaban J connectivity index is 1.94. The molecule has 1 heterocycles. The molecule has 0 aromatic heterocycles. The highest BCUT2D eigenvalue weighted by atomic mass is 16.5. The van der Waals surface area contributed by atoms with Gasteiger partial charge in [-0.25, -0.2) is 0 Å². The lowest BCUT2D eigenvalue weighted by Crippen LogP contribution is -2.46. The van der Waals surface area contributed by atoms with Crippen LogP contribution in [0.15, 0.2) is 48.5 Å². The zero-order chi connectivity index (χ0) is 14.9. The SMILES string of the molecule is CCC(O)c1ccccc1-c1ccc(C2(O)COC2)cc1. The summed E-state index contributed by atoms with van der Waals surface area (Å²) in [6, 6.07) is 15.8. The molecular formula is C18H20O3. The topological polar surface area (TPSA) is 49.7 Å². The zero-order valence-electron chi connectivity index (χ0n) is 12.1. The molecule has 2 aromatic carbocycles. The quantitative estimate of drug-likeness (QED) is 0.907. The minimum atomic E-state index is -0.832. The third-order valence-corrected chi connectivity index (χ3v) is 4.12. The molecule has 21 heavy (non-hydrogen) atoms. The standard InChI is InChI=1S/C18H20O3/c1-2-17(19)16-6-4-3-5-15(16)13-7-9-14(10-8-13)18(20)11-21-12-18/h3-10,17,19-20H,2,11-12H2,1H3. The Bertz CT molecular complexity index is 615. The van der Waals surface area contributed by atoms with E-state index in [1.807, 2.05) is 55.5 Å². The van der Waals surface area contributed by atoms with Gasteiger partial charge in [0.05, 0.1) is 19.3 Å². The Labute approximate surface area is 124 Å². The summed E-state index contributed by atoms with van der Waals surface area (Å²) in [4.78, 5) is 0. The molecule has 1 aliphatic rings. The average Bonchev–Trinajstić information content (AvgIpc) is 2.52. The summed E-state index contributed by atoms with van der Waals surface area (Å²) in [5.74, 6) is 0. The molecule has 2 N–H and O–H groups in total. The molecule has 1 aliphatic heterocycles. The molecule has 0 bridgehead atoms. The zero-order valence-corrected chi connectivity index (χ0v) is 12.1. The minimum absolute atomic E-state index is 0.359. The van der Waals surface area contributed by atoms with Crippen LogP contribution in [0.4, 0.5) is 0 Å². The van der Waals surface area contributed by atoms with E-state index in [1.54, 1.807) is 0 Å². The monoisotopic (exact) mass is 284 g/mol. The van der Waals surface area contributed by atoms with Crippen LogP contribution in [-0.2, 0) is 10.3 Å². The molecule has 3 nitrogen and oxygen atoms in total. The van der Waals surface area contributed by atoms with Crippen molar-refractivity contribution in [3.63, 3.8) is 0 Å². The van der Waals surface area contributed by atoms with E-state index in [4.69, 9.17) is 4.74 Å². The summed E-state index contributed by atoms with van der Waals surface area (Å²) >= 11 is 0. The molecule has 0 radical (unpaired) electrons. The predicted octanol–water partition coefficient (Wildman–Crippen LogP) is 3.01. The number of ether oxygens (including phenoxy) is 1. The predicted molar refractivity (Wildman–Crippen MR) is 81.8 cm³/mol. The summed E-state index contributed by atoms with van der Waals surface area (Å²) < 4.78 is 5.09. The first kappa shape index (κ1) is 14.3. The molecular weight excluding hydrogens is 264 g/mol. The number of benzene rings is 2. The van der Waals surface area contributed by atoms with Crippen LogP contribution in [0, 0.1) is 0 Å². The van der Waals surface area contributed by atoms with Gasteiger partial charge in [0.25, 0.3) is 0 Å². The summed E-state index contributed by atoms with van der Waals surface area (Å²) in [6.07, 6.45) is 0.233. The van der Waals surface area contributed by atoms with Crippen molar-refractivity contribution in [2.75, 3.05) is 13.2 Å². The number of aliphatic hydroxyl groups is 2. The van der Waals surface area contributed by atoms with Crippen molar-refractivity contribution in [3.8, 4) is 11.1 Å². The van der Waals surface area contributed by atoms with Crippen molar-refractivity contribution < 1.29 is 14.9 Å². The van der Waals surface area contributed by atoms with Gasteiger partial charge >= 0.3 is 0 Å². The first-order valence-corrected chi connectivity index (χ1v) is 7.32. The Morgan fingerprint density at radius 3 is 2.33 bits per heavy atom. The Morgan fingerprint density at radius 2 is 1.76 bits per heavy atom. The van der Waals surface area contributed by atoms with Crippen LogP contribution >= 0.6 is 0 Å². The molecule has 1 unspecified atom stereocenters. The maximum absolute atomic E-state index is 10.3. The molecule has 2 aromatic rings. The molecule has 3 rings (SSSR count). The first-order chi connectivity index (χ1) is 10.1. The summed E-state index contributed by atoms with van der Waals surface area (Å²) in [5, 5.41) is 20.4. The van der Waals surface area contributed by atoms with Gasteiger partial charge in [-0.1, -0.05) is 55.5 Å². The average molecular weight is 284 g/mol. The summed E-state index contributed by atoms with van der Waals surface area (Å²) in [5.41, 5.74) is 3.08. The van der Waals surface area contributed by atoms with Gasteiger partial charge in [0.15, 0.2) is 0 Å². The van der Waals surface area contributed by atoms with E-state index in [1.165, 1.54) is 0 Å². The second-order valence-electron chi connectivity index (χ2n) is 5.61. The molecule has 1 fully saturated rings. The van der Waals surface area contributed by atoms with E-state index < -0.39 is 11.7 Å². The van der Waals surface area contributed by atoms with Gasteiger partial charge in [-0.2, -0.15) is 0 Å². The van der Waals surface area contributed by atoms with Gasteiger partial charge in [0.2, 0.25) is 0 Å². The van der Waals surface area contributed by atoms with Crippen LogP contribution in [0.25, 0.3) is 11.1 Å². The lowest BCUT2D eigenvalue weighted by Gasteiger charge is -2.36. The molecule has 0 saturated carbocycles. The third-order valence-electron chi connectivity index (χ3n) is 4.12. The maximum Gasteiger partial charge on any atom is 0.136 e. The molecule has 0 aliphatic carbocycles. The van der Waals surface area contributed by atoms with Gasteiger partial charge < -0.3 is 14.9 Å². The van der Waals surface area contributed by atoms with E-state index >= 15 is 0 Å². The van der Waals surface area contributed by atoms with Crippen LogP contribution in [0.3, 0.4) is 0 Å². The molecule has 1 saturated heterocycles. The normalized spacial score (nSPS) is 18.0. The van der Waals surface area contributed by atoms with Crippen LogP contribution < -0.4 is 0 Å². The van der Waals surface area contributed by atoms with Crippen molar-refractivity contribution in [2.45, 2.75) is 25.0 Å². The Hall–Kier alpha value is -1.68.